The van der Waals surface area contributed by atoms with Crippen molar-refractivity contribution >= 4 is 0 Å². The Morgan fingerprint density at radius 2 is 2.11 bits per heavy atom. The van der Waals surface area contributed by atoms with Crippen molar-refractivity contribution < 1.29 is 9.84 Å². The van der Waals surface area contributed by atoms with Crippen LogP contribution in [0.15, 0.2) is 24.3 Å². The Kier molecular flexibility index (Phi) is 6.16. The van der Waals surface area contributed by atoms with Crippen LogP contribution in [0.1, 0.15) is 39.2 Å². The monoisotopic (exact) mass is 251 g/mol. The van der Waals surface area contributed by atoms with Gasteiger partial charge in [0.25, 0.3) is 0 Å². The Balaban J connectivity index is 2.56. The van der Waals surface area contributed by atoms with Gasteiger partial charge in [-0.3, -0.25) is 0 Å². The van der Waals surface area contributed by atoms with Gasteiger partial charge in [0.15, 0.2) is 0 Å². The maximum Gasteiger partial charge on any atom is 0.119 e. The van der Waals surface area contributed by atoms with Crippen LogP contribution in [0.5, 0.6) is 5.75 Å². The van der Waals surface area contributed by atoms with Gasteiger partial charge in [0, 0.05) is 12.1 Å². The fourth-order valence-corrected chi connectivity index (χ4v) is 1.57. The van der Waals surface area contributed by atoms with Crippen molar-refractivity contribution in [3.63, 3.8) is 0 Å². The van der Waals surface area contributed by atoms with Crippen LogP contribution in [0.3, 0.4) is 0 Å². The first kappa shape index (κ1) is 15.0. The summed E-state index contributed by atoms with van der Waals surface area (Å²) in [6.45, 7) is 7.84. The molecule has 102 valence electrons. The lowest BCUT2D eigenvalue weighted by atomic mass is 10.00. The smallest absolute Gasteiger partial charge is 0.119 e. The first-order valence-corrected chi connectivity index (χ1v) is 6.71. The zero-order valence-corrected chi connectivity index (χ0v) is 11.7. The van der Waals surface area contributed by atoms with Crippen molar-refractivity contribution in [2.45, 2.75) is 45.7 Å². The van der Waals surface area contributed by atoms with Gasteiger partial charge in [-0.25, -0.2) is 0 Å². The highest BCUT2D eigenvalue weighted by atomic mass is 16.5. The molecule has 1 rings (SSSR count). The van der Waals surface area contributed by atoms with Gasteiger partial charge in [-0.1, -0.05) is 26.0 Å². The molecule has 0 spiro atoms. The van der Waals surface area contributed by atoms with Crippen molar-refractivity contribution in [1.29, 1.82) is 0 Å². The number of benzene rings is 1. The molecule has 0 fully saturated rings. The molecule has 0 radical (unpaired) electrons. The molecule has 0 saturated heterocycles. The average Bonchev–Trinajstić information content (AvgIpc) is 2.43. The molecule has 0 heterocycles. The number of nitrogens with one attached hydrogen (secondary N) is 1. The number of ether oxygens (including phenoxy) is 1. The van der Waals surface area contributed by atoms with E-state index >= 15 is 0 Å². The summed E-state index contributed by atoms with van der Waals surface area (Å²) in [5.74, 6) is 0.915. The van der Waals surface area contributed by atoms with E-state index in [2.05, 4.69) is 31.3 Å². The molecule has 0 aliphatic heterocycles. The van der Waals surface area contributed by atoms with Crippen molar-refractivity contribution in [2.24, 2.45) is 0 Å². The molecule has 2 N–H and O–H groups in total. The molecular formula is C15H25NO2. The molecule has 1 aromatic rings. The molecule has 3 nitrogen and oxygen atoms in total. The molecular weight excluding hydrogens is 226 g/mol. The Morgan fingerprint density at radius 1 is 1.33 bits per heavy atom. The zero-order chi connectivity index (χ0) is 13.4. The van der Waals surface area contributed by atoms with E-state index in [0.717, 1.165) is 31.7 Å². The maximum atomic E-state index is 9.35. The normalized spacial score (nSPS) is 14.2. The Hall–Kier alpha value is -1.06. The fraction of sp³-hybridized carbons (Fsp3) is 0.600. The second kappa shape index (κ2) is 7.39. The van der Waals surface area contributed by atoms with Crippen LogP contribution in [-0.2, 0) is 6.54 Å². The van der Waals surface area contributed by atoms with Gasteiger partial charge in [-0.2, -0.15) is 0 Å². The highest BCUT2D eigenvalue weighted by molar-refractivity contribution is 5.28. The zero-order valence-electron chi connectivity index (χ0n) is 11.7. The number of rotatable bonds is 8. The highest BCUT2D eigenvalue weighted by Gasteiger charge is 2.19. The molecule has 1 atom stereocenters. The van der Waals surface area contributed by atoms with Crippen LogP contribution in [0.4, 0.5) is 0 Å². The highest BCUT2D eigenvalue weighted by Crippen LogP contribution is 2.15. The largest absolute Gasteiger partial charge is 0.494 e. The van der Waals surface area contributed by atoms with Gasteiger partial charge < -0.3 is 15.2 Å². The minimum absolute atomic E-state index is 0.148. The van der Waals surface area contributed by atoms with Gasteiger partial charge in [-0.15, -0.1) is 0 Å². The van der Waals surface area contributed by atoms with Gasteiger partial charge in [-0.05, 0) is 37.5 Å². The average molecular weight is 251 g/mol. The number of aliphatic hydroxyl groups excluding tert-OH is 1. The van der Waals surface area contributed by atoms with Crippen molar-refractivity contribution in [2.75, 3.05) is 13.2 Å². The lowest BCUT2D eigenvalue weighted by Crippen LogP contribution is -2.44. The minimum atomic E-state index is -0.208. The molecule has 0 saturated carbocycles. The Bertz CT molecular complexity index is 348. The lowest BCUT2D eigenvalue weighted by molar-refractivity contribution is 0.169. The van der Waals surface area contributed by atoms with Crippen molar-refractivity contribution in [1.82, 2.24) is 5.32 Å². The first-order chi connectivity index (χ1) is 8.63. The third-order valence-corrected chi connectivity index (χ3v) is 3.22. The van der Waals surface area contributed by atoms with Crippen LogP contribution in [0, 0.1) is 0 Å². The number of aliphatic hydroxyl groups is 1. The molecule has 0 amide bonds. The fourth-order valence-electron chi connectivity index (χ4n) is 1.57. The summed E-state index contributed by atoms with van der Waals surface area (Å²) in [5.41, 5.74) is 0.969. The summed E-state index contributed by atoms with van der Waals surface area (Å²) < 4.78 is 5.60. The van der Waals surface area contributed by atoms with E-state index in [9.17, 15) is 5.11 Å². The third-order valence-electron chi connectivity index (χ3n) is 3.22. The van der Waals surface area contributed by atoms with E-state index in [1.165, 1.54) is 5.56 Å². The third kappa shape index (κ3) is 4.67. The second-order valence-electron chi connectivity index (χ2n) is 4.92. The van der Waals surface area contributed by atoms with Gasteiger partial charge >= 0.3 is 0 Å². The molecule has 18 heavy (non-hydrogen) atoms. The van der Waals surface area contributed by atoms with Gasteiger partial charge in [0.05, 0.1) is 13.2 Å². The van der Waals surface area contributed by atoms with E-state index in [1.54, 1.807) is 0 Å². The summed E-state index contributed by atoms with van der Waals surface area (Å²) in [4.78, 5) is 0. The number of hydrogen-bond acceptors (Lipinski definition) is 3. The standard InChI is InChI=1S/C15H25NO2/c1-4-9-18-14-8-6-7-13(10-14)11-16-15(3,5-2)12-17/h6-8,10,16-17H,4-5,9,11-12H2,1-3H3. The Labute approximate surface area is 110 Å². The molecule has 0 bridgehead atoms. The summed E-state index contributed by atoms with van der Waals surface area (Å²) in [6.07, 6.45) is 1.91. The molecule has 3 heteroatoms. The van der Waals surface area contributed by atoms with Crippen LogP contribution >= 0.6 is 0 Å². The van der Waals surface area contributed by atoms with E-state index in [0.29, 0.717) is 0 Å². The summed E-state index contributed by atoms with van der Waals surface area (Å²) in [7, 11) is 0. The SMILES string of the molecule is CCCOc1cccc(CNC(C)(CC)CO)c1. The van der Waals surface area contributed by atoms with Crippen molar-refractivity contribution in [3.05, 3.63) is 29.8 Å². The van der Waals surface area contributed by atoms with Crippen LogP contribution < -0.4 is 10.1 Å². The molecule has 1 unspecified atom stereocenters. The Morgan fingerprint density at radius 3 is 2.72 bits per heavy atom. The van der Waals surface area contributed by atoms with Gasteiger partial charge in [0.2, 0.25) is 0 Å². The van der Waals surface area contributed by atoms with Crippen LogP contribution in [0.25, 0.3) is 0 Å². The maximum absolute atomic E-state index is 9.35. The molecule has 0 aliphatic carbocycles. The molecule has 0 aromatic heterocycles. The minimum Gasteiger partial charge on any atom is -0.494 e. The molecule has 0 aliphatic rings. The van der Waals surface area contributed by atoms with E-state index in [1.807, 2.05) is 19.1 Å². The lowest BCUT2D eigenvalue weighted by Gasteiger charge is -2.27. The van der Waals surface area contributed by atoms with E-state index < -0.39 is 0 Å². The van der Waals surface area contributed by atoms with E-state index in [-0.39, 0.29) is 12.1 Å². The predicted octanol–water partition coefficient (Wildman–Crippen LogP) is 2.73. The van der Waals surface area contributed by atoms with Crippen LogP contribution in [0.2, 0.25) is 0 Å². The second-order valence-corrected chi connectivity index (χ2v) is 4.92. The summed E-state index contributed by atoms with van der Waals surface area (Å²) in [5, 5.41) is 12.7. The van der Waals surface area contributed by atoms with E-state index in [4.69, 9.17) is 4.74 Å². The van der Waals surface area contributed by atoms with Crippen molar-refractivity contribution in [3.8, 4) is 5.75 Å². The first-order valence-electron chi connectivity index (χ1n) is 6.71. The van der Waals surface area contributed by atoms with Crippen LogP contribution in [-0.4, -0.2) is 23.9 Å². The quantitative estimate of drug-likeness (QED) is 0.746. The number of hydrogen-bond donors (Lipinski definition) is 2. The topological polar surface area (TPSA) is 41.5 Å². The molecule has 1 aromatic carbocycles. The van der Waals surface area contributed by atoms with Gasteiger partial charge in [0.1, 0.15) is 5.75 Å². The predicted molar refractivity (Wildman–Crippen MR) is 74.8 cm³/mol. The summed E-state index contributed by atoms with van der Waals surface area (Å²) >= 11 is 0. The summed E-state index contributed by atoms with van der Waals surface area (Å²) in [6, 6.07) is 8.10.